The van der Waals surface area contributed by atoms with Crippen LogP contribution in [0.1, 0.15) is 12.5 Å². The van der Waals surface area contributed by atoms with Gasteiger partial charge in [-0.1, -0.05) is 63.9 Å². The molecule has 4 nitrogen and oxygen atoms in total. The summed E-state index contributed by atoms with van der Waals surface area (Å²) in [6, 6.07) is 23.4. The lowest BCUT2D eigenvalue weighted by Crippen LogP contribution is -2.03. The lowest BCUT2D eigenvalue weighted by atomic mass is 10.1. The van der Waals surface area contributed by atoms with E-state index in [4.69, 9.17) is 16.6 Å². The maximum atomic E-state index is 6.35. The molecule has 0 fully saturated rings. The molecular formula is C22H16BrClN4. The van der Waals surface area contributed by atoms with Crippen LogP contribution in [0.5, 0.6) is 0 Å². The number of hydrazone groups is 1. The van der Waals surface area contributed by atoms with Crippen molar-refractivity contribution in [3.8, 4) is 11.4 Å². The third kappa shape index (κ3) is 3.91. The zero-order chi connectivity index (χ0) is 19.5. The number of nitrogens with one attached hydrogen (secondary N) is 1. The number of fused-ring (bicyclic) bond motifs is 1. The minimum Gasteiger partial charge on any atom is -0.260 e. The number of hydrogen-bond donors (Lipinski definition) is 1. The lowest BCUT2D eigenvalue weighted by Gasteiger charge is -2.10. The van der Waals surface area contributed by atoms with E-state index < -0.39 is 0 Å². The van der Waals surface area contributed by atoms with Crippen LogP contribution in [-0.4, -0.2) is 15.7 Å². The number of para-hydroxylation sites is 1. The first-order valence-corrected chi connectivity index (χ1v) is 9.87. The van der Waals surface area contributed by atoms with Crippen LogP contribution in [-0.2, 0) is 0 Å². The van der Waals surface area contributed by atoms with E-state index in [0.29, 0.717) is 16.7 Å². The number of aromatic nitrogens is 2. The first-order chi connectivity index (χ1) is 13.6. The largest absolute Gasteiger partial charge is 0.260 e. The van der Waals surface area contributed by atoms with Crippen LogP contribution in [0.2, 0.25) is 5.02 Å². The Morgan fingerprint density at radius 2 is 1.64 bits per heavy atom. The zero-order valence-electron chi connectivity index (χ0n) is 15.0. The second-order valence-electron chi connectivity index (χ2n) is 6.21. The van der Waals surface area contributed by atoms with Crippen LogP contribution in [0.15, 0.2) is 82.4 Å². The minimum absolute atomic E-state index is 0.559. The van der Waals surface area contributed by atoms with E-state index in [1.54, 1.807) is 0 Å². The summed E-state index contributed by atoms with van der Waals surface area (Å²) in [5.74, 6) is 1.19. The SMILES string of the molecule is C/C(=N/Nc1nc(-c2ccccc2Cl)nc2ccccc12)c1ccc(Br)cc1. The van der Waals surface area contributed by atoms with Gasteiger partial charge in [0.1, 0.15) is 0 Å². The van der Waals surface area contributed by atoms with E-state index >= 15 is 0 Å². The first-order valence-electron chi connectivity index (χ1n) is 8.70. The highest BCUT2D eigenvalue weighted by Crippen LogP contribution is 2.29. The summed E-state index contributed by atoms with van der Waals surface area (Å²) in [6.07, 6.45) is 0. The monoisotopic (exact) mass is 450 g/mol. The number of rotatable bonds is 4. The van der Waals surface area contributed by atoms with E-state index in [2.05, 4.69) is 31.4 Å². The molecule has 0 bridgehead atoms. The summed E-state index contributed by atoms with van der Waals surface area (Å²) >= 11 is 9.80. The minimum atomic E-state index is 0.559. The van der Waals surface area contributed by atoms with Gasteiger partial charge in [0, 0.05) is 15.4 Å². The summed E-state index contributed by atoms with van der Waals surface area (Å²) < 4.78 is 1.03. The standard InChI is InChI=1S/C22H16BrClN4/c1-14(15-10-12-16(23)13-11-15)27-28-22-18-7-3-5-9-20(18)25-21(26-22)17-6-2-4-8-19(17)24/h2-13H,1H3,(H,25,26,28)/b27-14-. The molecule has 0 aliphatic heterocycles. The summed E-state index contributed by atoms with van der Waals surface area (Å²) in [7, 11) is 0. The van der Waals surface area contributed by atoms with Crippen molar-refractivity contribution < 1.29 is 0 Å². The molecule has 1 aromatic heterocycles. The fraction of sp³-hybridized carbons (Fsp3) is 0.0455. The topological polar surface area (TPSA) is 50.2 Å². The molecule has 0 saturated heterocycles. The Morgan fingerprint density at radius 1 is 0.929 bits per heavy atom. The molecular weight excluding hydrogens is 436 g/mol. The van der Waals surface area contributed by atoms with Crippen LogP contribution >= 0.6 is 27.5 Å². The summed E-state index contributed by atoms with van der Waals surface area (Å²) in [5.41, 5.74) is 6.61. The second-order valence-corrected chi connectivity index (χ2v) is 7.53. The Bertz CT molecular complexity index is 1170. The molecule has 6 heteroatoms. The van der Waals surface area contributed by atoms with Crippen molar-refractivity contribution in [2.45, 2.75) is 6.92 Å². The van der Waals surface area contributed by atoms with Gasteiger partial charge >= 0.3 is 0 Å². The van der Waals surface area contributed by atoms with Crippen LogP contribution in [0, 0.1) is 0 Å². The van der Waals surface area contributed by atoms with Gasteiger partial charge in [-0.15, -0.1) is 0 Å². The third-order valence-corrected chi connectivity index (χ3v) is 5.17. The number of benzene rings is 3. The molecule has 0 atom stereocenters. The van der Waals surface area contributed by atoms with E-state index in [9.17, 15) is 0 Å². The van der Waals surface area contributed by atoms with Crippen LogP contribution in [0.3, 0.4) is 0 Å². The van der Waals surface area contributed by atoms with E-state index in [1.165, 1.54) is 0 Å². The normalized spacial score (nSPS) is 11.6. The molecule has 0 spiro atoms. The molecule has 0 aliphatic rings. The van der Waals surface area contributed by atoms with E-state index in [-0.39, 0.29) is 0 Å². The van der Waals surface area contributed by atoms with Crippen LogP contribution in [0.25, 0.3) is 22.3 Å². The molecule has 0 unspecified atom stereocenters. The van der Waals surface area contributed by atoms with Crippen molar-refractivity contribution in [2.75, 3.05) is 5.43 Å². The quantitative estimate of drug-likeness (QED) is 0.283. The first kappa shape index (κ1) is 18.6. The van der Waals surface area contributed by atoms with Gasteiger partial charge in [-0.3, -0.25) is 5.43 Å². The van der Waals surface area contributed by atoms with Gasteiger partial charge in [-0.25, -0.2) is 9.97 Å². The third-order valence-electron chi connectivity index (χ3n) is 4.31. The molecule has 1 heterocycles. The predicted molar refractivity (Wildman–Crippen MR) is 120 cm³/mol. The molecule has 0 aliphatic carbocycles. The number of anilines is 1. The van der Waals surface area contributed by atoms with Crippen molar-refractivity contribution in [2.24, 2.45) is 5.10 Å². The highest BCUT2D eigenvalue weighted by Gasteiger charge is 2.11. The Labute approximate surface area is 176 Å². The Kier molecular flexibility index (Phi) is 5.37. The van der Waals surface area contributed by atoms with Gasteiger partial charge in [0.05, 0.1) is 16.3 Å². The smallest absolute Gasteiger partial charge is 0.163 e. The van der Waals surface area contributed by atoms with Gasteiger partial charge in [0.25, 0.3) is 0 Å². The van der Waals surface area contributed by atoms with Gasteiger partial charge < -0.3 is 0 Å². The molecule has 4 rings (SSSR count). The summed E-state index contributed by atoms with van der Waals surface area (Å²) in [6.45, 7) is 1.95. The van der Waals surface area contributed by atoms with Crippen molar-refractivity contribution in [1.29, 1.82) is 0 Å². The zero-order valence-corrected chi connectivity index (χ0v) is 17.4. The van der Waals surface area contributed by atoms with Crippen molar-refractivity contribution in [1.82, 2.24) is 9.97 Å². The molecule has 138 valence electrons. The van der Waals surface area contributed by atoms with Crippen molar-refractivity contribution in [3.05, 3.63) is 87.9 Å². The van der Waals surface area contributed by atoms with Crippen LogP contribution < -0.4 is 5.43 Å². The second kappa shape index (κ2) is 8.09. The van der Waals surface area contributed by atoms with Crippen LogP contribution in [0.4, 0.5) is 5.82 Å². The van der Waals surface area contributed by atoms with Crippen molar-refractivity contribution >= 4 is 50.0 Å². The van der Waals surface area contributed by atoms with E-state index in [0.717, 1.165) is 32.2 Å². The Balaban J connectivity index is 1.76. The molecule has 0 amide bonds. The van der Waals surface area contributed by atoms with Gasteiger partial charge in [-0.05, 0) is 48.9 Å². The van der Waals surface area contributed by atoms with E-state index in [1.807, 2.05) is 79.7 Å². The van der Waals surface area contributed by atoms with Gasteiger partial charge in [0.2, 0.25) is 0 Å². The average Bonchev–Trinajstić information content (AvgIpc) is 2.72. The number of halogens is 2. The molecule has 3 aromatic carbocycles. The Hall–Kier alpha value is -2.76. The average molecular weight is 452 g/mol. The number of nitrogens with zero attached hydrogens (tertiary/aromatic N) is 3. The molecule has 4 aromatic rings. The highest BCUT2D eigenvalue weighted by atomic mass is 79.9. The predicted octanol–water partition coefficient (Wildman–Crippen LogP) is 6.55. The molecule has 1 N–H and O–H groups in total. The molecule has 0 radical (unpaired) electrons. The molecule has 28 heavy (non-hydrogen) atoms. The maximum absolute atomic E-state index is 6.35. The van der Waals surface area contributed by atoms with Gasteiger partial charge in [0.15, 0.2) is 11.6 Å². The lowest BCUT2D eigenvalue weighted by molar-refractivity contribution is 1.18. The summed E-state index contributed by atoms with van der Waals surface area (Å²) in [5, 5.41) is 6.03. The fourth-order valence-corrected chi connectivity index (χ4v) is 3.30. The fourth-order valence-electron chi connectivity index (χ4n) is 2.82. The highest BCUT2D eigenvalue weighted by molar-refractivity contribution is 9.10. The Morgan fingerprint density at radius 3 is 2.43 bits per heavy atom. The van der Waals surface area contributed by atoms with Crippen molar-refractivity contribution in [3.63, 3.8) is 0 Å². The number of hydrogen-bond acceptors (Lipinski definition) is 4. The summed E-state index contributed by atoms with van der Waals surface area (Å²) in [4.78, 5) is 9.36. The van der Waals surface area contributed by atoms with Gasteiger partial charge in [-0.2, -0.15) is 5.10 Å². The molecule has 0 saturated carbocycles. The maximum Gasteiger partial charge on any atom is 0.163 e.